The standard InChI is InChI=1S/C11H17N3O/c1-8(15)12-6-9-3-4-11-10(5-9)7-14(2)13-11/h7,9H,3-6H2,1-2H3,(H,12,15). The van der Waals surface area contributed by atoms with Gasteiger partial charge in [0.05, 0.1) is 5.69 Å². The predicted molar refractivity (Wildman–Crippen MR) is 57.4 cm³/mol. The number of amides is 1. The van der Waals surface area contributed by atoms with Gasteiger partial charge in [-0.1, -0.05) is 0 Å². The van der Waals surface area contributed by atoms with Crippen molar-refractivity contribution >= 4 is 5.91 Å². The molecule has 4 nitrogen and oxygen atoms in total. The molecule has 1 heterocycles. The van der Waals surface area contributed by atoms with Crippen LogP contribution in [0.2, 0.25) is 0 Å². The van der Waals surface area contributed by atoms with Gasteiger partial charge in [-0.25, -0.2) is 0 Å². The van der Waals surface area contributed by atoms with Gasteiger partial charge in [0.2, 0.25) is 5.91 Å². The Balaban J connectivity index is 1.96. The number of rotatable bonds is 2. The number of aryl methyl sites for hydroxylation is 2. The van der Waals surface area contributed by atoms with Crippen LogP contribution in [0.15, 0.2) is 6.20 Å². The molecule has 0 saturated heterocycles. The molecule has 0 spiro atoms. The number of hydrogen-bond acceptors (Lipinski definition) is 2. The molecule has 0 saturated carbocycles. The van der Waals surface area contributed by atoms with Crippen molar-refractivity contribution in [2.24, 2.45) is 13.0 Å². The van der Waals surface area contributed by atoms with Crippen LogP contribution in [0.25, 0.3) is 0 Å². The Morgan fingerprint density at radius 3 is 3.27 bits per heavy atom. The quantitative estimate of drug-likeness (QED) is 0.774. The van der Waals surface area contributed by atoms with Gasteiger partial charge >= 0.3 is 0 Å². The number of nitrogens with zero attached hydrogens (tertiary/aromatic N) is 2. The SMILES string of the molecule is CC(=O)NCC1CCc2nn(C)cc2C1. The highest BCUT2D eigenvalue weighted by atomic mass is 16.1. The van der Waals surface area contributed by atoms with Gasteiger partial charge in [-0.15, -0.1) is 0 Å². The fraction of sp³-hybridized carbons (Fsp3) is 0.636. The third kappa shape index (κ3) is 2.37. The fourth-order valence-corrected chi connectivity index (χ4v) is 2.18. The van der Waals surface area contributed by atoms with Crippen molar-refractivity contribution < 1.29 is 4.79 Å². The van der Waals surface area contributed by atoms with Gasteiger partial charge in [0.15, 0.2) is 0 Å². The fourth-order valence-electron chi connectivity index (χ4n) is 2.18. The van der Waals surface area contributed by atoms with E-state index in [9.17, 15) is 4.79 Å². The van der Waals surface area contributed by atoms with Crippen LogP contribution >= 0.6 is 0 Å². The number of nitrogens with one attached hydrogen (secondary N) is 1. The Morgan fingerprint density at radius 1 is 1.73 bits per heavy atom. The average molecular weight is 207 g/mol. The first-order valence-corrected chi connectivity index (χ1v) is 5.41. The van der Waals surface area contributed by atoms with Crippen LogP contribution in [0.4, 0.5) is 0 Å². The van der Waals surface area contributed by atoms with E-state index in [4.69, 9.17) is 0 Å². The molecule has 0 aromatic carbocycles. The molecular formula is C11H17N3O. The second-order valence-corrected chi connectivity index (χ2v) is 4.32. The molecule has 1 N–H and O–H groups in total. The molecular weight excluding hydrogens is 190 g/mol. The molecule has 1 atom stereocenters. The third-order valence-electron chi connectivity index (χ3n) is 2.93. The van der Waals surface area contributed by atoms with Crippen LogP contribution in [-0.4, -0.2) is 22.2 Å². The summed E-state index contributed by atoms with van der Waals surface area (Å²) in [6.45, 7) is 2.36. The molecule has 1 aromatic heterocycles. The van der Waals surface area contributed by atoms with Crippen LogP contribution in [0.3, 0.4) is 0 Å². The van der Waals surface area contributed by atoms with Crippen molar-refractivity contribution in [3.8, 4) is 0 Å². The van der Waals surface area contributed by atoms with E-state index < -0.39 is 0 Å². The van der Waals surface area contributed by atoms with Crippen molar-refractivity contribution in [2.45, 2.75) is 26.2 Å². The van der Waals surface area contributed by atoms with E-state index in [2.05, 4.69) is 16.6 Å². The Bertz CT molecular complexity index is 370. The zero-order valence-corrected chi connectivity index (χ0v) is 9.29. The molecule has 1 amide bonds. The summed E-state index contributed by atoms with van der Waals surface area (Å²) in [7, 11) is 1.96. The van der Waals surface area contributed by atoms with Crippen LogP contribution in [0.1, 0.15) is 24.6 Å². The minimum atomic E-state index is 0.0620. The largest absolute Gasteiger partial charge is 0.356 e. The van der Waals surface area contributed by atoms with Crippen LogP contribution in [0.5, 0.6) is 0 Å². The zero-order valence-electron chi connectivity index (χ0n) is 9.29. The van der Waals surface area contributed by atoms with E-state index in [-0.39, 0.29) is 5.91 Å². The Morgan fingerprint density at radius 2 is 2.53 bits per heavy atom. The van der Waals surface area contributed by atoms with E-state index in [0.29, 0.717) is 5.92 Å². The first kappa shape index (κ1) is 10.2. The number of aromatic nitrogens is 2. The minimum absolute atomic E-state index is 0.0620. The summed E-state index contributed by atoms with van der Waals surface area (Å²) in [6, 6.07) is 0. The maximum absolute atomic E-state index is 10.8. The lowest BCUT2D eigenvalue weighted by atomic mass is 9.88. The molecule has 1 aliphatic rings. The molecule has 1 aromatic rings. The number of hydrogen-bond donors (Lipinski definition) is 1. The monoisotopic (exact) mass is 207 g/mol. The lowest BCUT2D eigenvalue weighted by molar-refractivity contribution is -0.119. The van der Waals surface area contributed by atoms with E-state index in [0.717, 1.165) is 25.8 Å². The van der Waals surface area contributed by atoms with Crippen molar-refractivity contribution in [1.82, 2.24) is 15.1 Å². The Kier molecular flexibility index (Phi) is 2.75. The maximum Gasteiger partial charge on any atom is 0.216 e. The summed E-state index contributed by atoms with van der Waals surface area (Å²) in [4.78, 5) is 10.8. The van der Waals surface area contributed by atoms with E-state index in [1.54, 1.807) is 6.92 Å². The van der Waals surface area contributed by atoms with Crippen LogP contribution in [0, 0.1) is 5.92 Å². The topological polar surface area (TPSA) is 46.9 Å². The van der Waals surface area contributed by atoms with Crippen LogP contribution in [-0.2, 0) is 24.7 Å². The molecule has 1 unspecified atom stereocenters. The van der Waals surface area contributed by atoms with Crippen LogP contribution < -0.4 is 5.32 Å². The van der Waals surface area contributed by atoms with E-state index in [1.165, 1.54) is 11.3 Å². The normalized spacial score (nSPS) is 19.7. The van der Waals surface area contributed by atoms with Gasteiger partial charge in [0.25, 0.3) is 0 Å². The lowest BCUT2D eigenvalue weighted by Gasteiger charge is -2.21. The van der Waals surface area contributed by atoms with E-state index in [1.807, 2.05) is 11.7 Å². The van der Waals surface area contributed by atoms with Gasteiger partial charge in [0, 0.05) is 26.7 Å². The number of fused-ring (bicyclic) bond motifs is 1. The Labute approximate surface area is 89.7 Å². The van der Waals surface area contributed by atoms with Gasteiger partial charge in [0.1, 0.15) is 0 Å². The summed E-state index contributed by atoms with van der Waals surface area (Å²) in [6.07, 6.45) is 5.31. The minimum Gasteiger partial charge on any atom is -0.356 e. The molecule has 0 fully saturated rings. The summed E-state index contributed by atoms with van der Waals surface area (Å²) in [5, 5.41) is 7.30. The number of carbonyl (C=O) groups excluding carboxylic acids is 1. The summed E-state index contributed by atoms with van der Waals surface area (Å²) in [5.74, 6) is 0.637. The Hall–Kier alpha value is -1.32. The zero-order chi connectivity index (χ0) is 10.8. The smallest absolute Gasteiger partial charge is 0.216 e. The highest BCUT2D eigenvalue weighted by molar-refractivity contribution is 5.72. The molecule has 2 rings (SSSR count). The summed E-state index contributed by atoms with van der Waals surface area (Å²) >= 11 is 0. The van der Waals surface area contributed by atoms with Crippen molar-refractivity contribution in [3.63, 3.8) is 0 Å². The first-order chi connectivity index (χ1) is 7.15. The summed E-state index contributed by atoms with van der Waals surface area (Å²) in [5.41, 5.74) is 2.58. The molecule has 4 heteroatoms. The molecule has 15 heavy (non-hydrogen) atoms. The van der Waals surface area contributed by atoms with Crippen molar-refractivity contribution in [1.29, 1.82) is 0 Å². The van der Waals surface area contributed by atoms with Gasteiger partial charge in [-0.3, -0.25) is 9.48 Å². The second kappa shape index (κ2) is 4.04. The highest BCUT2D eigenvalue weighted by Crippen LogP contribution is 2.23. The summed E-state index contributed by atoms with van der Waals surface area (Å²) < 4.78 is 1.88. The van der Waals surface area contributed by atoms with Gasteiger partial charge < -0.3 is 5.32 Å². The molecule has 0 aliphatic heterocycles. The van der Waals surface area contributed by atoms with Gasteiger partial charge in [-0.05, 0) is 30.7 Å². The number of carbonyl (C=O) groups is 1. The molecule has 0 bridgehead atoms. The molecule has 82 valence electrons. The highest BCUT2D eigenvalue weighted by Gasteiger charge is 2.20. The van der Waals surface area contributed by atoms with Gasteiger partial charge in [-0.2, -0.15) is 5.10 Å². The first-order valence-electron chi connectivity index (χ1n) is 5.41. The second-order valence-electron chi connectivity index (χ2n) is 4.32. The maximum atomic E-state index is 10.8. The van der Waals surface area contributed by atoms with Crippen molar-refractivity contribution in [2.75, 3.05) is 6.54 Å². The lowest BCUT2D eigenvalue weighted by Crippen LogP contribution is -2.30. The molecule has 1 aliphatic carbocycles. The van der Waals surface area contributed by atoms with E-state index >= 15 is 0 Å². The molecule has 0 radical (unpaired) electrons. The predicted octanol–water partition coefficient (Wildman–Crippen LogP) is 0.661. The average Bonchev–Trinajstić information content (AvgIpc) is 2.53. The van der Waals surface area contributed by atoms with Crippen molar-refractivity contribution in [3.05, 3.63) is 17.5 Å². The third-order valence-corrected chi connectivity index (χ3v) is 2.93.